The summed E-state index contributed by atoms with van der Waals surface area (Å²) in [5, 5.41) is 3.34. The van der Waals surface area contributed by atoms with Gasteiger partial charge in [-0.2, -0.15) is 5.10 Å². The predicted octanol–water partition coefficient (Wildman–Crippen LogP) is -0.876. The van der Waals surface area contributed by atoms with E-state index in [1.807, 2.05) is 0 Å². The molecule has 0 saturated heterocycles. The normalized spacial score (nSPS) is 8.62. The van der Waals surface area contributed by atoms with Crippen molar-refractivity contribution in [3.05, 3.63) is 0 Å². The van der Waals surface area contributed by atoms with E-state index < -0.39 is 0 Å². The molecule has 8 heavy (non-hydrogen) atoms. The molecule has 48 valence electrons. The summed E-state index contributed by atoms with van der Waals surface area (Å²) in [5.74, 6) is 0. The minimum Gasteiger partial charge on any atom is -0.359 e. The van der Waals surface area contributed by atoms with Crippen LogP contribution >= 0.6 is 0 Å². The average Bonchev–Trinajstić information content (AvgIpc) is 1.81. The Bertz CT molecular complexity index is 57.2. The molecular weight excluding hydrogens is 106 g/mol. The summed E-state index contributed by atoms with van der Waals surface area (Å²) < 4.78 is 4.85. The van der Waals surface area contributed by atoms with E-state index in [9.17, 15) is 0 Å². The van der Waals surface area contributed by atoms with Crippen molar-refractivity contribution in [2.45, 2.75) is 0 Å². The number of hydrogen-bond donors (Lipinski definition) is 2. The van der Waals surface area contributed by atoms with E-state index in [1.165, 1.54) is 0 Å². The van der Waals surface area contributed by atoms with Crippen molar-refractivity contribution < 1.29 is 4.74 Å². The van der Waals surface area contributed by atoms with Crippen LogP contribution in [0.2, 0.25) is 0 Å². The lowest BCUT2D eigenvalue weighted by Gasteiger charge is -1.98. The van der Waals surface area contributed by atoms with Gasteiger partial charge in [0.2, 0.25) is 0 Å². The summed E-state index contributed by atoms with van der Waals surface area (Å²) in [6.07, 6.45) is 0. The average molecular weight is 117 g/mol. The van der Waals surface area contributed by atoms with Gasteiger partial charge in [-0.05, 0) is 0 Å². The SMILES string of the molecule is C=NNCOCCN. The Morgan fingerprint density at radius 1 is 1.75 bits per heavy atom. The van der Waals surface area contributed by atoms with Gasteiger partial charge in [-0.15, -0.1) is 0 Å². The first-order valence-corrected chi connectivity index (χ1v) is 2.38. The van der Waals surface area contributed by atoms with Crippen molar-refractivity contribution in [3.8, 4) is 0 Å². The fourth-order valence-corrected chi connectivity index (χ4v) is 0.247. The van der Waals surface area contributed by atoms with Crippen LogP contribution in [-0.4, -0.2) is 26.6 Å². The summed E-state index contributed by atoms with van der Waals surface area (Å²) >= 11 is 0. The van der Waals surface area contributed by atoms with Gasteiger partial charge in [0.15, 0.2) is 0 Å². The van der Waals surface area contributed by atoms with Crippen LogP contribution in [-0.2, 0) is 4.74 Å². The molecule has 0 aliphatic rings. The molecule has 0 aromatic rings. The number of hydrogen-bond acceptors (Lipinski definition) is 4. The summed E-state index contributed by atoms with van der Waals surface area (Å²) in [4.78, 5) is 0. The molecule has 0 aliphatic heterocycles. The lowest BCUT2D eigenvalue weighted by atomic mass is 10.7. The van der Waals surface area contributed by atoms with E-state index >= 15 is 0 Å². The van der Waals surface area contributed by atoms with Crippen molar-refractivity contribution in [1.82, 2.24) is 5.43 Å². The van der Waals surface area contributed by atoms with Crippen molar-refractivity contribution >= 4 is 6.72 Å². The van der Waals surface area contributed by atoms with Crippen molar-refractivity contribution in [2.75, 3.05) is 19.9 Å². The Morgan fingerprint density at radius 2 is 2.50 bits per heavy atom. The molecule has 0 bridgehead atoms. The maximum atomic E-state index is 5.11. The van der Waals surface area contributed by atoms with Gasteiger partial charge < -0.3 is 10.5 Å². The van der Waals surface area contributed by atoms with E-state index in [-0.39, 0.29) is 0 Å². The number of nitrogens with zero attached hydrogens (tertiary/aromatic N) is 1. The molecule has 0 unspecified atom stereocenters. The van der Waals surface area contributed by atoms with Crippen LogP contribution in [0.25, 0.3) is 0 Å². The monoisotopic (exact) mass is 117 g/mol. The molecule has 0 saturated carbocycles. The zero-order valence-electron chi connectivity index (χ0n) is 4.76. The topological polar surface area (TPSA) is 59.6 Å². The zero-order chi connectivity index (χ0) is 6.24. The van der Waals surface area contributed by atoms with Crippen LogP contribution < -0.4 is 11.2 Å². The van der Waals surface area contributed by atoms with Gasteiger partial charge in [-0.1, -0.05) is 0 Å². The van der Waals surface area contributed by atoms with E-state index in [2.05, 4.69) is 17.2 Å². The molecule has 0 heterocycles. The highest BCUT2D eigenvalue weighted by Crippen LogP contribution is 1.64. The largest absolute Gasteiger partial charge is 0.359 e. The standard InChI is InChI=1S/C4H11N3O/c1-6-7-4-8-3-2-5/h7H,1-5H2. The maximum Gasteiger partial charge on any atom is 0.132 e. The van der Waals surface area contributed by atoms with Gasteiger partial charge in [-0.25, -0.2) is 0 Å². The molecule has 0 fully saturated rings. The fraction of sp³-hybridized carbons (Fsp3) is 0.750. The molecule has 0 radical (unpaired) electrons. The van der Waals surface area contributed by atoms with E-state index in [1.54, 1.807) is 0 Å². The first-order chi connectivity index (χ1) is 3.91. The lowest BCUT2D eigenvalue weighted by Crippen LogP contribution is -2.15. The summed E-state index contributed by atoms with van der Waals surface area (Å²) in [7, 11) is 0. The first kappa shape index (κ1) is 7.39. The lowest BCUT2D eigenvalue weighted by molar-refractivity contribution is 0.125. The highest BCUT2D eigenvalue weighted by atomic mass is 16.5. The summed E-state index contributed by atoms with van der Waals surface area (Å²) in [6, 6.07) is 0. The van der Waals surface area contributed by atoms with Crippen molar-refractivity contribution in [2.24, 2.45) is 10.8 Å². The Labute approximate surface area is 48.7 Å². The molecule has 3 N–H and O–H groups in total. The third kappa shape index (κ3) is 5.39. The third-order valence-electron chi connectivity index (χ3n) is 0.541. The molecule has 0 spiro atoms. The Hall–Kier alpha value is -0.610. The van der Waals surface area contributed by atoms with Crippen molar-refractivity contribution in [1.29, 1.82) is 0 Å². The molecule has 0 amide bonds. The number of nitrogens with one attached hydrogen (secondary N) is 1. The van der Waals surface area contributed by atoms with Crippen molar-refractivity contribution in [3.63, 3.8) is 0 Å². The number of rotatable bonds is 5. The van der Waals surface area contributed by atoms with Gasteiger partial charge in [0.25, 0.3) is 0 Å². The molecule has 4 heteroatoms. The number of ether oxygens (including phenoxy) is 1. The quantitative estimate of drug-likeness (QED) is 0.213. The Balaban J connectivity index is 2.62. The summed E-state index contributed by atoms with van der Waals surface area (Å²) in [5.41, 5.74) is 7.63. The van der Waals surface area contributed by atoms with E-state index in [4.69, 9.17) is 10.5 Å². The van der Waals surface area contributed by atoms with E-state index in [0.29, 0.717) is 19.9 Å². The van der Waals surface area contributed by atoms with Crippen LogP contribution in [0.3, 0.4) is 0 Å². The third-order valence-corrected chi connectivity index (χ3v) is 0.541. The van der Waals surface area contributed by atoms with Crippen LogP contribution in [0.1, 0.15) is 0 Å². The molecule has 4 nitrogen and oxygen atoms in total. The smallest absolute Gasteiger partial charge is 0.132 e. The van der Waals surface area contributed by atoms with Gasteiger partial charge in [-0.3, -0.25) is 5.43 Å². The Morgan fingerprint density at radius 3 is 3.00 bits per heavy atom. The van der Waals surface area contributed by atoms with Crippen LogP contribution in [0.4, 0.5) is 0 Å². The predicted molar refractivity (Wildman–Crippen MR) is 32.6 cm³/mol. The highest BCUT2D eigenvalue weighted by molar-refractivity contribution is 5.22. The molecule has 0 aromatic carbocycles. The Kier molecular flexibility index (Phi) is 5.90. The number of nitrogens with two attached hydrogens (primary N) is 1. The van der Waals surface area contributed by atoms with Gasteiger partial charge in [0.05, 0.1) is 6.61 Å². The minimum absolute atomic E-state index is 0.390. The number of hydrazone groups is 1. The van der Waals surface area contributed by atoms with Gasteiger partial charge in [0, 0.05) is 13.3 Å². The van der Waals surface area contributed by atoms with Gasteiger partial charge >= 0.3 is 0 Å². The second-order valence-corrected chi connectivity index (χ2v) is 1.16. The maximum absolute atomic E-state index is 5.11. The molecular formula is C4H11N3O. The molecule has 0 atom stereocenters. The summed E-state index contributed by atoms with van der Waals surface area (Å²) in [6.45, 7) is 4.67. The highest BCUT2D eigenvalue weighted by Gasteiger charge is 1.77. The van der Waals surface area contributed by atoms with Crippen LogP contribution in [0.15, 0.2) is 5.10 Å². The van der Waals surface area contributed by atoms with E-state index in [0.717, 1.165) is 0 Å². The van der Waals surface area contributed by atoms with Crippen LogP contribution in [0, 0.1) is 0 Å². The second-order valence-electron chi connectivity index (χ2n) is 1.16. The zero-order valence-corrected chi connectivity index (χ0v) is 4.76. The minimum atomic E-state index is 0.390. The first-order valence-electron chi connectivity index (χ1n) is 2.38. The van der Waals surface area contributed by atoms with Crippen LogP contribution in [0.5, 0.6) is 0 Å². The fourth-order valence-electron chi connectivity index (χ4n) is 0.247. The van der Waals surface area contributed by atoms with Gasteiger partial charge in [0.1, 0.15) is 6.73 Å². The molecule has 0 aromatic heterocycles. The molecule has 0 rings (SSSR count). The second kappa shape index (κ2) is 6.39. The molecule has 0 aliphatic carbocycles.